The summed E-state index contributed by atoms with van der Waals surface area (Å²) in [5.74, 6) is -0.695. The standard InChI is InChI=1S/C60H67FN8O6/c1-40-52(60(73)69(47-13-15-50(70)16-14-47)56-34-49(37-62)63(3)41(56)2)36-57(64(40)4)53-31-43-18-23-67(58(71)33-44-12-17-51(35-55(44)61)75-29-26-66-24-27-74-28-25-66)38-46(43)32-54(53)59(72)68-39-45-11-7-6-10-42(45)30-48(68)19-22-65-20-8-5-9-21-65/h6-7,10-17,31-32,34-36,48,70H,5,8-9,18-30,33,38-39H2,1-4H3/t48-/m1/s1. The summed E-state index contributed by atoms with van der Waals surface area (Å²) in [5.41, 5.74) is 9.55. The summed E-state index contributed by atoms with van der Waals surface area (Å²) in [7, 11) is 3.69. The zero-order valence-electron chi connectivity index (χ0n) is 43.6. The van der Waals surface area contributed by atoms with E-state index in [0.717, 1.165) is 62.3 Å². The number of carbonyl (C=O) groups excluding carboxylic acids is 3. The molecule has 0 aliphatic carbocycles. The van der Waals surface area contributed by atoms with Gasteiger partial charge in [0.2, 0.25) is 5.91 Å². The third-order valence-electron chi connectivity index (χ3n) is 16.1. The summed E-state index contributed by atoms with van der Waals surface area (Å²) in [6, 6.07) is 29.3. The van der Waals surface area contributed by atoms with E-state index in [4.69, 9.17) is 9.47 Å². The van der Waals surface area contributed by atoms with Gasteiger partial charge in [-0.05, 0) is 141 Å². The lowest BCUT2D eigenvalue weighted by atomic mass is 9.88. The average Bonchev–Trinajstić information content (AvgIpc) is 3.90. The molecule has 2 fully saturated rings. The fraction of sp³-hybridized carbons (Fsp3) is 0.400. The Kier molecular flexibility index (Phi) is 15.2. The topological polar surface area (TPSA) is 140 Å². The average molecular weight is 1020 g/mol. The van der Waals surface area contributed by atoms with Crippen LogP contribution in [0.25, 0.3) is 11.3 Å². The van der Waals surface area contributed by atoms with Gasteiger partial charge in [-0.15, -0.1) is 0 Å². The number of halogens is 1. The maximum absolute atomic E-state index is 15.8. The summed E-state index contributed by atoms with van der Waals surface area (Å²) >= 11 is 0. The lowest BCUT2D eigenvalue weighted by Crippen LogP contribution is -2.46. The summed E-state index contributed by atoms with van der Waals surface area (Å²) in [4.78, 5) is 55.3. The van der Waals surface area contributed by atoms with Crippen LogP contribution in [0.4, 0.5) is 15.8 Å². The molecule has 2 aromatic heterocycles. The zero-order chi connectivity index (χ0) is 52.3. The van der Waals surface area contributed by atoms with E-state index in [2.05, 4.69) is 40.1 Å². The minimum atomic E-state index is -0.493. The smallest absolute Gasteiger partial charge is 0.264 e. The Balaban J connectivity index is 0.988. The van der Waals surface area contributed by atoms with E-state index >= 15 is 14.0 Å². The first-order chi connectivity index (χ1) is 36.3. The first-order valence-electron chi connectivity index (χ1n) is 26.5. The van der Waals surface area contributed by atoms with Gasteiger partial charge in [0, 0.05) is 106 Å². The summed E-state index contributed by atoms with van der Waals surface area (Å²) in [5, 5.41) is 20.3. The predicted molar refractivity (Wildman–Crippen MR) is 286 cm³/mol. The van der Waals surface area contributed by atoms with E-state index < -0.39 is 5.82 Å². The van der Waals surface area contributed by atoms with Gasteiger partial charge < -0.3 is 38.4 Å². The molecular weight excluding hydrogens is 948 g/mol. The fourth-order valence-electron chi connectivity index (χ4n) is 11.4. The van der Waals surface area contributed by atoms with E-state index in [1.54, 1.807) is 51.7 Å². The molecule has 0 saturated carbocycles. The van der Waals surface area contributed by atoms with Crippen molar-refractivity contribution in [2.45, 2.75) is 77.9 Å². The van der Waals surface area contributed by atoms with Crippen LogP contribution in [0.5, 0.6) is 11.5 Å². The van der Waals surface area contributed by atoms with Crippen molar-refractivity contribution in [1.29, 1.82) is 5.26 Å². The second kappa shape index (κ2) is 22.3. The van der Waals surface area contributed by atoms with Crippen LogP contribution in [0.15, 0.2) is 91.0 Å². The van der Waals surface area contributed by atoms with Crippen LogP contribution >= 0.6 is 0 Å². The first-order valence-corrected chi connectivity index (χ1v) is 26.5. The number of nitrogens with zero attached hydrogens (tertiary/aromatic N) is 8. The Bertz CT molecular complexity index is 3140. The number of fused-ring (bicyclic) bond motifs is 2. The number of piperidine rings is 1. The number of aromatic nitrogens is 2. The number of nitriles is 1. The molecule has 1 N–H and O–H groups in total. The monoisotopic (exact) mass is 1010 g/mol. The van der Waals surface area contributed by atoms with E-state index in [1.165, 1.54) is 43.0 Å². The lowest BCUT2D eigenvalue weighted by molar-refractivity contribution is -0.131. The SMILES string of the molecule is Cc1c(N(C(=O)c2cc(-c3cc4c(cc3C(=O)N3Cc5ccccc5C[C@H]3CCN3CCCCC3)CN(C(=O)Cc3ccc(OCCN5CCOCC5)cc3F)CC4)n(C)c2C)c2ccc(O)cc2)cc(C#N)n1C. The molecule has 4 aliphatic rings. The van der Waals surface area contributed by atoms with E-state index in [1.807, 2.05) is 48.6 Å². The Labute approximate surface area is 439 Å². The highest BCUT2D eigenvalue weighted by Gasteiger charge is 2.35. The van der Waals surface area contributed by atoms with Crippen molar-refractivity contribution in [1.82, 2.24) is 28.7 Å². The molecule has 4 aromatic carbocycles. The molecule has 0 bridgehead atoms. The van der Waals surface area contributed by atoms with Crippen molar-refractivity contribution in [2.24, 2.45) is 14.1 Å². The van der Waals surface area contributed by atoms with Gasteiger partial charge in [-0.25, -0.2) is 4.39 Å². The molecule has 10 rings (SSSR count). The number of hydrogen-bond acceptors (Lipinski definition) is 9. The molecule has 2 saturated heterocycles. The van der Waals surface area contributed by atoms with Gasteiger partial charge in [-0.3, -0.25) is 24.2 Å². The summed E-state index contributed by atoms with van der Waals surface area (Å²) < 4.78 is 30.7. The van der Waals surface area contributed by atoms with Crippen LogP contribution < -0.4 is 9.64 Å². The number of anilines is 2. The molecule has 14 nitrogen and oxygen atoms in total. The second-order valence-corrected chi connectivity index (χ2v) is 20.6. The van der Waals surface area contributed by atoms with Crippen LogP contribution in [0.3, 0.4) is 0 Å². The molecule has 6 heterocycles. The Morgan fingerprint density at radius 3 is 2.27 bits per heavy atom. The number of likely N-dealkylation sites (tertiary alicyclic amines) is 1. The van der Waals surface area contributed by atoms with E-state index in [0.29, 0.717) is 108 Å². The second-order valence-electron chi connectivity index (χ2n) is 20.6. The van der Waals surface area contributed by atoms with Crippen molar-refractivity contribution in [3.05, 3.63) is 153 Å². The van der Waals surface area contributed by atoms with Gasteiger partial charge in [0.25, 0.3) is 11.8 Å². The van der Waals surface area contributed by atoms with Crippen molar-refractivity contribution in [3.8, 4) is 28.8 Å². The number of aromatic hydroxyl groups is 1. The largest absolute Gasteiger partial charge is 0.508 e. The molecule has 0 spiro atoms. The van der Waals surface area contributed by atoms with Crippen LogP contribution in [0.1, 0.15) is 91.3 Å². The quantitative estimate of drug-likeness (QED) is 0.114. The number of carbonyl (C=O) groups is 3. The zero-order valence-corrected chi connectivity index (χ0v) is 43.6. The van der Waals surface area contributed by atoms with Crippen molar-refractivity contribution < 1.29 is 33.4 Å². The number of amides is 3. The molecule has 1 atom stereocenters. The minimum Gasteiger partial charge on any atom is -0.508 e. The Hall–Kier alpha value is -7.25. The molecule has 4 aliphatic heterocycles. The van der Waals surface area contributed by atoms with Gasteiger partial charge in [-0.1, -0.05) is 36.8 Å². The van der Waals surface area contributed by atoms with Crippen LogP contribution in [-0.4, -0.2) is 123 Å². The molecule has 75 heavy (non-hydrogen) atoms. The van der Waals surface area contributed by atoms with Crippen LogP contribution in [0.2, 0.25) is 0 Å². The summed E-state index contributed by atoms with van der Waals surface area (Å²) in [6.07, 6.45) is 5.55. The fourth-order valence-corrected chi connectivity index (χ4v) is 11.4. The molecule has 390 valence electrons. The van der Waals surface area contributed by atoms with E-state index in [9.17, 15) is 15.2 Å². The maximum Gasteiger partial charge on any atom is 0.264 e. The Morgan fingerprint density at radius 1 is 0.787 bits per heavy atom. The minimum absolute atomic E-state index is 0.0511. The van der Waals surface area contributed by atoms with Crippen molar-refractivity contribution >= 4 is 29.1 Å². The highest BCUT2D eigenvalue weighted by atomic mass is 19.1. The first kappa shape index (κ1) is 51.2. The van der Waals surface area contributed by atoms with Gasteiger partial charge in [0.15, 0.2) is 0 Å². The predicted octanol–water partition coefficient (Wildman–Crippen LogP) is 8.62. The van der Waals surface area contributed by atoms with Gasteiger partial charge in [0.1, 0.15) is 35.7 Å². The molecular formula is C60H67FN8O6. The van der Waals surface area contributed by atoms with Gasteiger partial charge >= 0.3 is 0 Å². The summed E-state index contributed by atoms with van der Waals surface area (Å²) in [6.45, 7) is 12.1. The molecule has 6 aromatic rings. The number of phenolic OH excluding ortho intramolecular Hbond substituents is 1. The molecule has 15 heteroatoms. The van der Waals surface area contributed by atoms with E-state index in [-0.39, 0.29) is 42.5 Å². The van der Waals surface area contributed by atoms with Crippen molar-refractivity contribution in [2.75, 3.05) is 70.5 Å². The normalized spacial score (nSPS) is 17.0. The highest BCUT2D eigenvalue weighted by molar-refractivity contribution is 6.13. The van der Waals surface area contributed by atoms with Gasteiger partial charge in [0.05, 0.1) is 30.9 Å². The highest BCUT2D eigenvalue weighted by Crippen LogP contribution is 2.39. The number of ether oxygens (including phenoxy) is 2. The third-order valence-corrected chi connectivity index (χ3v) is 16.1. The number of benzene rings is 4. The molecule has 0 radical (unpaired) electrons. The number of rotatable bonds is 14. The number of hydrogen-bond donors (Lipinski definition) is 1. The molecule has 0 unspecified atom stereocenters. The number of phenols is 1. The van der Waals surface area contributed by atoms with Crippen molar-refractivity contribution in [3.63, 3.8) is 0 Å². The van der Waals surface area contributed by atoms with Crippen LogP contribution in [-0.2, 0) is 56.0 Å². The Morgan fingerprint density at radius 2 is 1.53 bits per heavy atom. The number of morpholine rings is 1. The molecule has 3 amide bonds. The van der Waals surface area contributed by atoms with Crippen LogP contribution in [0, 0.1) is 31.0 Å². The van der Waals surface area contributed by atoms with Gasteiger partial charge in [-0.2, -0.15) is 5.26 Å². The lowest BCUT2D eigenvalue weighted by Gasteiger charge is -2.39. The maximum atomic E-state index is 15.8. The third kappa shape index (κ3) is 10.8.